The van der Waals surface area contributed by atoms with Crippen molar-refractivity contribution in [1.29, 1.82) is 0 Å². The molecular weight excluding hydrogens is 781 g/mol. The number of benzene rings is 2. The van der Waals surface area contributed by atoms with E-state index in [4.69, 9.17) is 26.2 Å². The minimum absolute atomic E-state index is 0.0220. The number of imidazole rings is 2. The average molecular weight is 833 g/mol. The highest BCUT2D eigenvalue weighted by atomic mass is 19.3. The summed E-state index contributed by atoms with van der Waals surface area (Å²) in [6, 6.07) is 6.42. The van der Waals surface area contributed by atoms with Gasteiger partial charge in [0.25, 0.3) is 12.9 Å². The Morgan fingerprint density at radius 3 is 1.47 bits per heavy atom. The molecule has 5 aliphatic heterocycles. The van der Waals surface area contributed by atoms with Gasteiger partial charge in [-0.3, -0.25) is 9.59 Å². The Bertz CT molecular complexity index is 2160. The largest absolute Gasteiger partial charge is 0.398 e. The Hall–Kier alpha value is -5.32. The van der Waals surface area contributed by atoms with E-state index in [0.717, 1.165) is 102 Å². The van der Waals surface area contributed by atoms with E-state index >= 15 is 0 Å². The number of anilines is 6. The summed E-state index contributed by atoms with van der Waals surface area (Å²) in [5.74, 6) is 4.38. The number of carbonyl (C=O) groups excluding carboxylic acids is 2. The first-order valence-electron chi connectivity index (χ1n) is 21.1. The number of nitrogens with zero attached hydrogens (tertiary/aromatic N) is 8. The minimum atomic E-state index is -2.63. The van der Waals surface area contributed by atoms with E-state index in [-0.39, 0.29) is 40.2 Å². The number of hydrogen-bond donors (Lipinski definition) is 2. The van der Waals surface area contributed by atoms with Crippen molar-refractivity contribution in [1.82, 2.24) is 28.9 Å². The Morgan fingerprint density at radius 1 is 0.650 bits per heavy atom. The molecule has 0 atom stereocenters. The summed E-state index contributed by atoms with van der Waals surface area (Å²) < 4.78 is 64.0. The zero-order valence-electron chi connectivity index (χ0n) is 34.1. The fourth-order valence-corrected chi connectivity index (χ4v) is 9.56. The van der Waals surface area contributed by atoms with Gasteiger partial charge in [0.2, 0.25) is 11.8 Å². The van der Waals surface area contributed by atoms with Crippen LogP contribution in [0.3, 0.4) is 0 Å². The SMILES string of the molecule is CC(=O)N1CCn2c(C3CCC3)nc(N3CCCc4cc(N)c(C(F)F)cc43)c2C1.CC(=O)N1CCn2c(C3COC3)nc(N3CCCc4cc(N)c(C(F)F)cc43)c2C1. The smallest absolute Gasteiger partial charge is 0.265 e. The molecule has 1 saturated heterocycles. The van der Waals surface area contributed by atoms with E-state index in [1.165, 1.54) is 18.6 Å². The molecule has 2 amide bonds. The number of rotatable bonds is 6. The number of amides is 2. The van der Waals surface area contributed by atoms with Crippen LogP contribution in [0.1, 0.15) is 116 Å². The molecule has 60 heavy (non-hydrogen) atoms. The predicted molar refractivity (Wildman–Crippen MR) is 219 cm³/mol. The fourth-order valence-electron chi connectivity index (χ4n) is 9.56. The van der Waals surface area contributed by atoms with Crippen molar-refractivity contribution in [3.63, 3.8) is 0 Å². The van der Waals surface area contributed by atoms with E-state index in [2.05, 4.69) is 14.0 Å². The van der Waals surface area contributed by atoms with Gasteiger partial charge in [0, 0.05) is 92.9 Å². The highest BCUT2D eigenvalue weighted by Gasteiger charge is 2.37. The third kappa shape index (κ3) is 7.11. The van der Waals surface area contributed by atoms with Crippen molar-refractivity contribution in [2.45, 2.75) is 110 Å². The van der Waals surface area contributed by atoms with Crippen molar-refractivity contribution < 1.29 is 31.9 Å². The van der Waals surface area contributed by atoms with Gasteiger partial charge in [-0.1, -0.05) is 6.42 Å². The second kappa shape index (κ2) is 15.9. The van der Waals surface area contributed by atoms with Crippen LogP contribution >= 0.6 is 0 Å². The average Bonchev–Trinajstić information content (AvgIpc) is 3.73. The van der Waals surface area contributed by atoms with Crippen molar-refractivity contribution >= 4 is 46.2 Å². The molecule has 2 fully saturated rings. The van der Waals surface area contributed by atoms with Crippen molar-refractivity contribution in [2.75, 3.05) is 60.7 Å². The molecule has 7 heterocycles. The van der Waals surface area contributed by atoms with Crippen molar-refractivity contribution in [3.05, 3.63) is 69.6 Å². The van der Waals surface area contributed by atoms with Gasteiger partial charge in [0.15, 0.2) is 11.6 Å². The fraction of sp³-hybridized carbons (Fsp3) is 0.535. The van der Waals surface area contributed by atoms with Crippen molar-refractivity contribution in [3.8, 4) is 0 Å². The zero-order chi connectivity index (χ0) is 42.0. The second-order valence-corrected chi connectivity index (χ2v) is 16.9. The Balaban J connectivity index is 0.000000154. The molecule has 0 unspecified atom stereocenters. The first-order valence-corrected chi connectivity index (χ1v) is 21.1. The summed E-state index contributed by atoms with van der Waals surface area (Å²) in [7, 11) is 0. The lowest BCUT2D eigenvalue weighted by Crippen LogP contribution is -2.39. The summed E-state index contributed by atoms with van der Waals surface area (Å²) in [4.78, 5) is 41.9. The molecule has 2 aromatic heterocycles. The summed E-state index contributed by atoms with van der Waals surface area (Å²) in [6.45, 7) is 9.54. The third-order valence-electron chi connectivity index (χ3n) is 13.2. The Kier molecular flexibility index (Phi) is 10.7. The van der Waals surface area contributed by atoms with Gasteiger partial charge < -0.3 is 44.9 Å². The number of carbonyl (C=O) groups is 2. The highest BCUT2D eigenvalue weighted by Crippen LogP contribution is 2.45. The topological polar surface area (TPSA) is 144 Å². The molecule has 2 aromatic carbocycles. The molecule has 0 radical (unpaired) electrons. The monoisotopic (exact) mass is 832 g/mol. The molecule has 17 heteroatoms. The number of nitrogens with two attached hydrogens (primary N) is 2. The van der Waals surface area contributed by atoms with E-state index in [0.29, 0.717) is 64.9 Å². The van der Waals surface area contributed by atoms with Crippen LogP contribution in [0.15, 0.2) is 24.3 Å². The lowest BCUT2D eigenvalue weighted by atomic mass is 9.85. The van der Waals surface area contributed by atoms with Crippen LogP contribution in [-0.4, -0.2) is 80.1 Å². The first-order chi connectivity index (χ1) is 28.9. The highest BCUT2D eigenvalue weighted by molar-refractivity contribution is 5.76. The molecule has 6 aliphatic rings. The third-order valence-corrected chi connectivity index (χ3v) is 13.2. The van der Waals surface area contributed by atoms with E-state index in [1.54, 1.807) is 30.9 Å². The first kappa shape index (κ1) is 40.1. The number of hydrogen-bond acceptors (Lipinski definition) is 9. The van der Waals surface area contributed by atoms with Crippen molar-refractivity contribution in [2.24, 2.45) is 0 Å². The van der Waals surface area contributed by atoms with E-state index in [1.807, 2.05) is 9.80 Å². The Labute approximate surface area is 346 Å². The quantitative estimate of drug-likeness (QED) is 0.154. The summed E-state index contributed by atoms with van der Waals surface area (Å²) in [5.41, 5.74) is 17.2. The zero-order valence-corrected chi connectivity index (χ0v) is 34.1. The lowest BCUT2D eigenvalue weighted by Gasteiger charge is -2.34. The number of alkyl halides is 4. The standard InChI is InChI=1S/C22H27F2N5O.C21H25F2N5O2/c1-13(30)27-8-9-29-19(12-27)22(26-21(29)14-4-2-5-14)28-7-3-6-15-10-17(25)16(20(23)24)11-18(15)28;1-12(29)26-5-6-28-18(9-26)21(25-20(28)14-10-30-11-14)27-4-2-3-13-7-16(24)15(19(22)23)8-17(13)27/h10-11,14,20H,2-9,12,25H2,1H3;7-8,14,19H,2-6,9-11,24H2,1H3. The number of aromatic nitrogens is 4. The summed E-state index contributed by atoms with van der Waals surface area (Å²) >= 11 is 0. The molecule has 0 spiro atoms. The van der Waals surface area contributed by atoms with Crippen LogP contribution in [0.2, 0.25) is 0 Å². The van der Waals surface area contributed by atoms with Crippen LogP contribution in [0.4, 0.5) is 51.9 Å². The van der Waals surface area contributed by atoms with Gasteiger partial charge in [-0.25, -0.2) is 27.5 Å². The molecule has 4 N–H and O–H groups in total. The van der Waals surface area contributed by atoms with Crippen LogP contribution in [0.25, 0.3) is 0 Å². The Morgan fingerprint density at radius 2 is 1.10 bits per heavy atom. The molecule has 320 valence electrons. The lowest BCUT2D eigenvalue weighted by molar-refractivity contribution is -0.131. The van der Waals surface area contributed by atoms with Gasteiger partial charge in [0.1, 0.15) is 11.6 Å². The number of nitrogen functional groups attached to an aromatic ring is 2. The van der Waals surface area contributed by atoms with Gasteiger partial charge in [-0.2, -0.15) is 0 Å². The molecular formula is C43H52F4N10O3. The van der Waals surface area contributed by atoms with Gasteiger partial charge in [-0.05, 0) is 73.9 Å². The van der Waals surface area contributed by atoms with Gasteiger partial charge in [-0.15, -0.1) is 0 Å². The van der Waals surface area contributed by atoms with Crippen LogP contribution in [0.5, 0.6) is 0 Å². The second-order valence-electron chi connectivity index (χ2n) is 16.9. The number of halogens is 4. The van der Waals surface area contributed by atoms with Gasteiger partial charge >= 0.3 is 0 Å². The normalized spacial score (nSPS) is 18.9. The molecule has 1 aliphatic carbocycles. The number of fused-ring (bicyclic) bond motifs is 4. The maximum atomic E-state index is 13.5. The minimum Gasteiger partial charge on any atom is -0.398 e. The van der Waals surface area contributed by atoms with Crippen LogP contribution < -0.4 is 21.3 Å². The molecule has 0 bridgehead atoms. The number of aryl methyl sites for hydroxylation is 2. The maximum absolute atomic E-state index is 13.5. The predicted octanol–water partition coefficient (Wildman–Crippen LogP) is 7.08. The van der Waals surface area contributed by atoms with E-state index < -0.39 is 12.9 Å². The molecule has 4 aromatic rings. The summed E-state index contributed by atoms with van der Waals surface area (Å²) in [6.07, 6.45) is 1.62. The molecule has 1 saturated carbocycles. The van der Waals surface area contributed by atoms with Crippen LogP contribution in [-0.2, 0) is 53.3 Å². The summed E-state index contributed by atoms with van der Waals surface area (Å²) in [5, 5.41) is 0. The maximum Gasteiger partial charge on any atom is 0.265 e. The molecule has 10 rings (SSSR count). The molecule has 13 nitrogen and oxygen atoms in total. The van der Waals surface area contributed by atoms with Crippen LogP contribution in [0, 0.1) is 0 Å². The number of ether oxygens (including phenoxy) is 1. The van der Waals surface area contributed by atoms with E-state index in [9.17, 15) is 27.2 Å². The van der Waals surface area contributed by atoms with Gasteiger partial charge in [0.05, 0.1) is 43.6 Å².